The van der Waals surface area contributed by atoms with Gasteiger partial charge in [-0.05, 0) is 29.7 Å². The minimum Gasteiger partial charge on any atom is -0.348 e. The predicted molar refractivity (Wildman–Crippen MR) is 98.7 cm³/mol. The van der Waals surface area contributed by atoms with E-state index < -0.39 is 0 Å². The molecule has 0 spiro atoms. The first-order valence-corrected chi connectivity index (χ1v) is 8.24. The molecule has 1 amide bonds. The highest BCUT2D eigenvalue weighted by Crippen LogP contribution is 2.14. The molecule has 1 aromatic heterocycles. The van der Waals surface area contributed by atoms with Gasteiger partial charge in [0.05, 0.1) is 5.56 Å². The molecule has 0 unspecified atom stereocenters. The summed E-state index contributed by atoms with van der Waals surface area (Å²) < 4.78 is 0. The van der Waals surface area contributed by atoms with Gasteiger partial charge in [-0.3, -0.25) is 4.79 Å². The molecule has 25 heavy (non-hydrogen) atoms. The van der Waals surface area contributed by atoms with Crippen LogP contribution in [-0.4, -0.2) is 15.9 Å². The van der Waals surface area contributed by atoms with E-state index in [4.69, 9.17) is 0 Å². The van der Waals surface area contributed by atoms with Gasteiger partial charge in [-0.15, -0.1) is 0 Å². The summed E-state index contributed by atoms with van der Waals surface area (Å²) in [6.45, 7) is 2.59. The SMILES string of the molecule is CCc1ccc(Nc2ncc(C(=O)NCc3ccccc3)cn2)cc1. The Hall–Kier alpha value is -3.21. The first-order chi connectivity index (χ1) is 12.2. The predicted octanol–water partition coefficient (Wildman–Crippen LogP) is 3.71. The van der Waals surface area contributed by atoms with Gasteiger partial charge in [-0.25, -0.2) is 9.97 Å². The molecule has 0 aliphatic heterocycles. The van der Waals surface area contributed by atoms with Crippen LogP contribution in [0.4, 0.5) is 11.6 Å². The van der Waals surface area contributed by atoms with E-state index in [2.05, 4.69) is 39.7 Å². The van der Waals surface area contributed by atoms with Crippen LogP contribution in [-0.2, 0) is 13.0 Å². The lowest BCUT2D eigenvalue weighted by Gasteiger charge is -2.07. The van der Waals surface area contributed by atoms with Crippen LogP contribution in [0.2, 0.25) is 0 Å². The van der Waals surface area contributed by atoms with E-state index in [1.54, 1.807) is 0 Å². The second-order valence-electron chi connectivity index (χ2n) is 5.64. The summed E-state index contributed by atoms with van der Waals surface area (Å²) in [6, 6.07) is 17.9. The first kappa shape index (κ1) is 16.6. The van der Waals surface area contributed by atoms with Gasteiger partial charge in [0.25, 0.3) is 5.91 Å². The Morgan fingerprint density at radius 1 is 0.920 bits per heavy atom. The fourth-order valence-corrected chi connectivity index (χ4v) is 2.34. The zero-order chi connectivity index (χ0) is 17.5. The van der Waals surface area contributed by atoms with Gasteiger partial charge in [0.15, 0.2) is 0 Å². The topological polar surface area (TPSA) is 66.9 Å². The number of aryl methyl sites for hydroxylation is 1. The summed E-state index contributed by atoms with van der Waals surface area (Å²) >= 11 is 0. The number of carbonyl (C=O) groups excluding carboxylic acids is 1. The molecule has 0 fully saturated rings. The van der Waals surface area contributed by atoms with Gasteiger partial charge < -0.3 is 10.6 Å². The van der Waals surface area contributed by atoms with E-state index >= 15 is 0 Å². The van der Waals surface area contributed by atoms with Crippen LogP contribution >= 0.6 is 0 Å². The number of amides is 1. The van der Waals surface area contributed by atoms with Gasteiger partial charge in [0.2, 0.25) is 5.95 Å². The van der Waals surface area contributed by atoms with Gasteiger partial charge >= 0.3 is 0 Å². The summed E-state index contributed by atoms with van der Waals surface area (Å²) in [5, 5.41) is 5.98. The third kappa shape index (κ3) is 4.64. The standard InChI is InChI=1S/C20H20N4O/c1-2-15-8-10-18(11-9-15)24-20-22-13-17(14-23-20)19(25)21-12-16-6-4-3-5-7-16/h3-11,13-14H,2,12H2,1H3,(H,21,25)(H,22,23,24). The smallest absolute Gasteiger partial charge is 0.254 e. The molecule has 0 bridgehead atoms. The lowest BCUT2D eigenvalue weighted by atomic mass is 10.1. The summed E-state index contributed by atoms with van der Waals surface area (Å²) in [7, 11) is 0. The number of nitrogens with zero attached hydrogens (tertiary/aromatic N) is 2. The number of benzene rings is 2. The fraction of sp³-hybridized carbons (Fsp3) is 0.150. The average molecular weight is 332 g/mol. The molecule has 0 atom stereocenters. The molecular formula is C20H20N4O. The summed E-state index contributed by atoms with van der Waals surface area (Å²) in [4.78, 5) is 20.6. The van der Waals surface area contributed by atoms with Crippen molar-refractivity contribution in [3.05, 3.63) is 83.7 Å². The molecule has 126 valence electrons. The summed E-state index contributed by atoms with van der Waals surface area (Å²) in [6.07, 6.45) is 4.05. The minimum atomic E-state index is -0.192. The quantitative estimate of drug-likeness (QED) is 0.722. The maximum absolute atomic E-state index is 12.1. The fourth-order valence-electron chi connectivity index (χ4n) is 2.34. The van der Waals surface area contributed by atoms with Crippen molar-refractivity contribution in [3.8, 4) is 0 Å². The Morgan fingerprint density at radius 2 is 1.60 bits per heavy atom. The highest BCUT2D eigenvalue weighted by Gasteiger charge is 2.07. The Kier molecular flexibility index (Phi) is 5.36. The van der Waals surface area contributed by atoms with Crippen LogP contribution < -0.4 is 10.6 Å². The van der Waals surface area contributed by atoms with Crippen molar-refractivity contribution < 1.29 is 4.79 Å². The zero-order valence-electron chi connectivity index (χ0n) is 14.1. The maximum Gasteiger partial charge on any atom is 0.254 e. The Morgan fingerprint density at radius 3 is 2.24 bits per heavy atom. The van der Waals surface area contributed by atoms with E-state index in [9.17, 15) is 4.79 Å². The second kappa shape index (κ2) is 8.06. The molecule has 1 heterocycles. The van der Waals surface area contributed by atoms with Crippen LogP contribution in [0, 0.1) is 0 Å². The van der Waals surface area contributed by atoms with Crippen LogP contribution in [0.25, 0.3) is 0 Å². The molecule has 5 heteroatoms. The number of nitrogens with one attached hydrogen (secondary N) is 2. The van der Waals surface area contributed by atoms with Gasteiger partial charge in [-0.2, -0.15) is 0 Å². The molecule has 0 saturated heterocycles. The van der Waals surface area contributed by atoms with Crippen LogP contribution in [0.3, 0.4) is 0 Å². The summed E-state index contributed by atoms with van der Waals surface area (Å²) in [5.41, 5.74) is 3.67. The van der Waals surface area contributed by atoms with Gasteiger partial charge in [0, 0.05) is 24.6 Å². The number of rotatable bonds is 6. The summed E-state index contributed by atoms with van der Waals surface area (Å²) in [5.74, 6) is 0.270. The highest BCUT2D eigenvalue weighted by molar-refractivity contribution is 5.93. The molecule has 0 saturated carbocycles. The number of hydrogen-bond acceptors (Lipinski definition) is 4. The normalized spacial score (nSPS) is 10.3. The monoisotopic (exact) mass is 332 g/mol. The van der Waals surface area contributed by atoms with Crippen molar-refractivity contribution in [3.63, 3.8) is 0 Å². The molecule has 2 aromatic carbocycles. The third-order valence-electron chi connectivity index (χ3n) is 3.83. The molecular weight excluding hydrogens is 312 g/mol. The lowest BCUT2D eigenvalue weighted by Crippen LogP contribution is -2.23. The van der Waals surface area contributed by atoms with Crippen molar-refractivity contribution in [2.24, 2.45) is 0 Å². The van der Waals surface area contributed by atoms with Crippen molar-refractivity contribution in [1.29, 1.82) is 0 Å². The van der Waals surface area contributed by atoms with Crippen molar-refractivity contribution >= 4 is 17.5 Å². The average Bonchev–Trinajstić information content (AvgIpc) is 2.68. The first-order valence-electron chi connectivity index (χ1n) is 8.24. The van der Waals surface area contributed by atoms with Crippen molar-refractivity contribution in [2.75, 3.05) is 5.32 Å². The van der Waals surface area contributed by atoms with Crippen molar-refractivity contribution in [2.45, 2.75) is 19.9 Å². The number of hydrogen-bond donors (Lipinski definition) is 2. The molecule has 0 radical (unpaired) electrons. The minimum absolute atomic E-state index is 0.192. The van der Waals surface area contributed by atoms with Crippen LogP contribution in [0.5, 0.6) is 0 Å². The number of aromatic nitrogens is 2. The Labute approximate surface area is 147 Å². The largest absolute Gasteiger partial charge is 0.348 e. The lowest BCUT2D eigenvalue weighted by molar-refractivity contribution is 0.0950. The Balaban J connectivity index is 1.58. The second-order valence-corrected chi connectivity index (χ2v) is 5.64. The van der Waals surface area contributed by atoms with E-state index in [1.807, 2.05) is 42.5 Å². The Bertz CT molecular complexity index is 815. The molecule has 3 aromatic rings. The maximum atomic E-state index is 12.1. The molecule has 0 aliphatic carbocycles. The highest BCUT2D eigenvalue weighted by atomic mass is 16.1. The van der Waals surface area contributed by atoms with Crippen LogP contribution in [0.1, 0.15) is 28.4 Å². The van der Waals surface area contributed by atoms with E-state index in [1.165, 1.54) is 18.0 Å². The van der Waals surface area contributed by atoms with Gasteiger partial charge in [-0.1, -0.05) is 49.4 Å². The third-order valence-corrected chi connectivity index (χ3v) is 3.83. The number of anilines is 2. The molecule has 5 nitrogen and oxygen atoms in total. The van der Waals surface area contributed by atoms with Gasteiger partial charge in [0.1, 0.15) is 0 Å². The zero-order valence-corrected chi connectivity index (χ0v) is 14.1. The molecule has 0 aliphatic rings. The molecule has 2 N–H and O–H groups in total. The molecule has 3 rings (SSSR count). The van der Waals surface area contributed by atoms with E-state index in [0.29, 0.717) is 18.1 Å². The van der Waals surface area contributed by atoms with E-state index in [0.717, 1.165) is 17.7 Å². The number of carbonyl (C=O) groups is 1. The van der Waals surface area contributed by atoms with Crippen molar-refractivity contribution in [1.82, 2.24) is 15.3 Å². The van der Waals surface area contributed by atoms with E-state index in [-0.39, 0.29) is 5.91 Å². The van der Waals surface area contributed by atoms with Crippen LogP contribution in [0.15, 0.2) is 67.0 Å².